The van der Waals surface area contributed by atoms with Crippen molar-refractivity contribution < 1.29 is 13.2 Å². The maximum Gasteiger partial charge on any atom is 0.416 e. The first-order chi connectivity index (χ1) is 12.0. The monoisotopic (exact) mass is 345 g/mol. The Hall–Kier alpha value is -2.68. The number of hydrogen-bond donors (Lipinski definition) is 1. The van der Waals surface area contributed by atoms with Gasteiger partial charge in [-0.1, -0.05) is 12.1 Å². The van der Waals surface area contributed by atoms with Crippen LogP contribution in [0.25, 0.3) is 0 Å². The fraction of sp³-hybridized carbons (Fsp3) is 0.316. The summed E-state index contributed by atoms with van der Waals surface area (Å²) in [4.78, 5) is 2.11. The molecule has 130 valence electrons. The summed E-state index contributed by atoms with van der Waals surface area (Å²) in [6, 6.07) is 13.0. The van der Waals surface area contributed by atoms with Gasteiger partial charge < -0.3 is 10.2 Å². The van der Waals surface area contributed by atoms with Crippen LogP contribution in [0.1, 0.15) is 29.5 Å². The summed E-state index contributed by atoms with van der Waals surface area (Å²) in [6.07, 6.45) is -2.28. The number of alkyl halides is 3. The topological polar surface area (TPSA) is 39.1 Å². The second-order valence-corrected chi connectivity index (χ2v) is 6.09. The van der Waals surface area contributed by atoms with Crippen LogP contribution in [0.4, 0.5) is 24.5 Å². The van der Waals surface area contributed by atoms with Crippen molar-refractivity contribution in [2.24, 2.45) is 0 Å². The third-order valence-corrected chi connectivity index (χ3v) is 4.31. The van der Waals surface area contributed by atoms with Gasteiger partial charge in [0.05, 0.1) is 28.6 Å². The number of nitrogens with zero attached hydrogens (tertiary/aromatic N) is 2. The van der Waals surface area contributed by atoms with E-state index in [9.17, 15) is 13.2 Å². The summed E-state index contributed by atoms with van der Waals surface area (Å²) < 4.78 is 39.2. The van der Waals surface area contributed by atoms with Gasteiger partial charge in [-0.15, -0.1) is 0 Å². The Morgan fingerprint density at radius 1 is 1.08 bits per heavy atom. The number of nitrogens with one attached hydrogen (secondary N) is 1. The van der Waals surface area contributed by atoms with E-state index in [0.717, 1.165) is 43.2 Å². The molecule has 2 aromatic carbocycles. The highest BCUT2D eigenvalue weighted by Gasteiger charge is 2.31. The van der Waals surface area contributed by atoms with Gasteiger partial charge in [-0.2, -0.15) is 18.4 Å². The molecule has 2 aromatic rings. The van der Waals surface area contributed by atoms with Gasteiger partial charge in [0.2, 0.25) is 0 Å². The highest BCUT2D eigenvalue weighted by molar-refractivity contribution is 5.71. The van der Waals surface area contributed by atoms with E-state index in [-0.39, 0.29) is 0 Å². The van der Waals surface area contributed by atoms with E-state index >= 15 is 0 Å². The molecule has 25 heavy (non-hydrogen) atoms. The minimum atomic E-state index is -4.37. The average molecular weight is 345 g/mol. The summed E-state index contributed by atoms with van der Waals surface area (Å²) >= 11 is 0. The van der Waals surface area contributed by atoms with E-state index in [1.165, 1.54) is 6.07 Å². The molecular weight excluding hydrogens is 327 g/mol. The number of nitriles is 1. The van der Waals surface area contributed by atoms with Gasteiger partial charge in [-0.05, 0) is 48.7 Å². The molecule has 1 aliphatic rings. The van der Waals surface area contributed by atoms with Crippen LogP contribution in [-0.2, 0) is 12.7 Å². The van der Waals surface area contributed by atoms with Crippen LogP contribution in [0.5, 0.6) is 0 Å². The number of halogens is 3. The van der Waals surface area contributed by atoms with E-state index in [4.69, 9.17) is 5.26 Å². The smallest absolute Gasteiger partial charge is 0.379 e. The van der Waals surface area contributed by atoms with E-state index < -0.39 is 11.7 Å². The molecule has 3 nitrogen and oxygen atoms in total. The highest BCUT2D eigenvalue weighted by atomic mass is 19.4. The lowest BCUT2D eigenvalue weighted by molar-refractivity contribution is -0.137. The number of hydrogen-bond acceptors (Lipinski definition) is 3. The first kappa shape index (κ1) is 17.2. The maximum atomic E-state index is 13.1. The predicted molar refractivity (Wildman–Crippen MR) is 91.4 cm³/mol. The molecule has 6 heteroatoms. The molecule has 0 unspecified atom stereocenters. The lowest BCUT2D eigenvalue weighted by atomic mass is 10.1. The largest absolute Gasteiger partial charge is 0.416 e. The Kier molecular flexibility index (Phi) is 4.84. The van der Waals surface area contributed by atoms with Gasteiger partial charge in [-0.3, -0.25) is 0 Å². The van der Waals surface area contributed by atoms with Crippen molar-refractivity contribution >= 4 is 11.4 Å². The standard InChI is InChI=1S/C19H18F3N3/c20-19(21,22)16-6-7-18(25-8-1-2-9-25)17(11-16)24-13-15-5-3-4-14(10-15)12-23/h3-7,10-11,24H,1-2,8-9,13H2. The van der Waals surface area contributed by atoms with Crippen molar-refractivity contribution in [2.75, 3.05) is 23.3 Å². The van der Waals surface area contributed by atoms with Crippen molar-refractivity contribution in [3.63, 3.8) is 0 Å². The molecule has 0 aromatic heterocycles. The van der Waals surface area contributed by atoms with Crippen LogP contribution in [0.2, 0.25) is 0 Å². The summed E-state index contributed by atoms with van der Waals surface area (Å²) in [5, 5.41) is 12.1. The Bertz CT molecular complexity index is 787. The molecule has 0 amide bonds. The molecule has 1 heterocycles. The van der Waals surface area contributed by atoms with E-state index in [0.29, 0.717) is 17.8 Å². The SMILES string of the molecule is N#Cc1cccc(CNc2cc(C(F)(F)F)ccc2N2CCCC2)c1. The summed E-state index contributed by atoms with van der Waals surface area (Å²) in [7, 11) is 0. The normalized spacial score (nSPS) is 14.4. The molecule has 0 aliphatic carbocycles. The minimum Gasteiger partial charge on any atom is -0.379 e. The second-order valence-electron chi connectivity index (χ2n) is 6.09. The predicted octanol–water partition coefficient (Wildman–Crippen LogP) is 4.79. The van der Waals surface area contributed by atoms with Crippen LogP contribution in [0.15, 0.2) is 42.5 Å². The fourth-order valence-electron chi connectivity index (χ4n) is 3.04. The van der Waals surface area contributed by atoms with Crippen LogP contribution >= 0.6 is 0 Å². The lowest BCUT2D eigenvalue weighted by Gasteiger charge is -2.23. The summed E-state index contributed by atoms with van der Waals surface area (Å²) in [5.41, 5.74) is 1.98. The van der Waals surface area contributed by atoms with Crippen molar-refractivity contribution in [3.8, 4) is 6.07 Å². The highest BCUT2D eigenvalue weighted by Crippen LogP contribution is 2.36. The van der Waals surface area contributed by atoms with Crippen LogP contribution in [0, 0.1) is 11.3 Å². The first-order valence-corrected chi connectivity index (χ1v) is 8.16. The molecule has 1 N–H and O–H groups in total. The molecule has 0 spiro atoms. The Balaban J connectivity index is 1.87. The Morgan fingerprint density at radius 3 is 2.52 bits per heavy atom. The zero-order valence-corrected chi connectivity index (χ0v) is 13.6. The Morgan fingerprint density at radius 2 is 1.84 bits per heavy atom. The average Bonchev–Trinajstić information content (AvgIpc) is 3.13. The molecule has 0 saturated carbocycles. The molecular formula is C19H18F3N3. The van der Waals surface area contributed by atoms with Crippen molar-refractivity contribution in [1.29, 1.82) is 5.26 Å². The first-order valence-electron chi connectivity index (χ1n) is 8.16. The minimum absolute atomic E-state index is 0.359. The van der Waals surface area contributed by atoms with Gasteiger partial charge >= 0.3 is 6.18 Å². The summed E-state index contributed by atoms with van der Waals surface area (Å²) in [5.74, 6) is 0. The van der Waals surface area contributed by atoms with Gasteiger partial charge in [0.1, 0.15) is 0 Å². The third kappa shape index (κ3) is 4.05. The van der Waals surface area contributed by atoms with Crippen LogP contribution in [-0.4, -0.2) is 13.1 Å². The van der Waals surface area contributed by atoms with Crippen molar-refractivity contribution in [2.45, 2.75) is 25.6 Å². The van der Waals surface area contributed by atoms with E-state index in [1.807, 2.05) is 6.07 Å². The lowest BCUT2D eigenvalue weighted by Crippen LogP contribution is -2.20. The molecule has 1 fully saturated rings. The Labute approximate surface area is 144 Å². The molecule has 3 rings (SSSR count). The van der Waals surface area contributed by atoms with E-state index in [2.05, 4.69) is 16.3 Å². The van der Waals surface area contributed by atoms with E-state index in [1.54, 1.807) is 24.3 Å². The van der Waals surface area contributed by atoms with Crippen LogP contribution in [0.3, 0.4) is 0 Å². The van der Waals surface area contributed by atoms with Gasteiger partial charge in [0.25, 0.3) is 0 Å². The zero-order valence-electron chi connectivity index (χ0n) is 13.6. The zero-order chi connectivity index (χ0) is 17.9. The second kappa shape index (κ2) is 7.06. The number of benzene rings is 2. The van der Waals surface area contributed by atoms with Gasteiger partial charge in [-0.25, -0.2) is 0 Å². The van der Waals surface area contributed by atoms with Gasteiger partial charge in [0.15, 0.2) is 0 Å². The maximum absolute atomic E-state index is 13.1. The molecule has 0 radical (unpaired) electrons. The van der Waals surface area contributed by atoms with Crippen molar-refractivity contribution in [1.82, 2.24) is 0 Å². The molecule has 1 saturated heterocycles. The number of rotatable bonds is 4. The molecule has 0 bridgehead atoms. The molecule has 0 atom stereocenters. The van der Waals surface area contributed by atoms with Crippen LogP contribution < -0.4 is 10.2 Å². The fourth-order valence-corrected chi connectivity index (χ4v) is 3.04. The number of anilines is 2. The third-order valence-electron chi connectivity index (χ3n) is 4.31. The van der Waals surface area contributed by atoms with Crippen molar-refractivity contribution in [3.05, 3.63) is 59.2 Å². The summed E-state index contributed by atoms with van der Waals surface area (Å²) in [6.45, 7) is 2.06. The van der Waals surface area contributed by atoms with Gasteiger partial charge in [0, 0.05) is 19.6 Å². The quantitative estimate of drug-likeness (QED) is 0.866. The molecule has 1 aliphatic heterocycles.